The summed E-state index contributed by atoms with van der Waals surface area (Å²) < 4.78 is 0. The van der Waals surface area contributed by atoms with E-state index in [2.05, 4.69) is 43.3 Å². The Morgan fingerprint density at radius 1 is 1.15 bits per heavy atom. The first-order valence-electron chi connectivity index (χ1n) is 8.20. The molecule has 26 heavy (non-hydrogen) atoms. The van der Waals surface area contributed by atoms with E-state index in [4.69, 9.17) is 21.8 Å². The number of nitrogens with zero attached hydrogens (tertiary/aromatic N) is 1. The van der Waals surface area contributed by atoms with Gasteiger partial charge in [0.1, 0.15) is 5.82 Å². The van der Waals surface area contributed by atoms with Gasteiger partial charge in [0, 0.05) is 35.5 Å². The molecule has 1 aromatic rings. The maximum absolute atomic E-state index is 9.55. The first-order chi connectivity index (χ1) is 11.9. The second-order valence-electron chi connectivity index (χ2n) is 7.51. The monoisotopic (exact) mass is 383 g/mol. The number of aromatic nitrogens is 1. The fourth-order valence-corrected chi connectivity index (χ4v) is 3.35. The smallest absolute Gasteiger partial charge is 0.328 e. The molecule has 4 N–H and O–H groups in total. The molecular formula is C18H26ClN3O4. The average Bonchev–Trinajstić information content (AvgIpc) is 2.45. The van der Waals surface area contributed by atoms with E-state index < -0.39 is 11.9 Å². The van der Waals surface area contributed by atoms with Gasteiger partial charge in [-0.25, -0.2) is 14.6 Å². The van der Waals surface area contributed by atoms with Gasteiger partial charge in [0.25, 0.3) is 0 Å². The molecule has 0 atom stereocenters. The topological polar surface area (TPSA) is 112 Å². The third kappa shape index (κ3) is 8.82. The van der Waals surface area contributed by atoms with Crippen molar-refractivity contribution in [3.05, 3.63) is 35.5 Å². The molecule has 0 aliphatic carbocycles. The summed E-state index contributed by atoms with van der Waals surface area (Å²) in [5, 5.41) is 23.5. The van der Waals surface area contributed by atoms with Crippen LogP contribution < -0.4 is 10.6 Å². The van der Waals surface area contributed by atoms with Gasteiger partial charge in [-0.2, -0.15) is 0 Å². The molecule has 2 heterocycles. The van der Waals surface area contributed by atoms with Crippen LogP contribution in [0.25, 0.3) is 0 Å². The van der Waals surface area contributed by atoms with Gasteiger partial charge >= 0.3 is 11.9 Å². The lowest BCUT2D eigenvalue weighted by atomic mass is 9.79. The Kier molecular flexibility index (Phi) is 7.59. The number of piperidine rings is 1. The Balaban J connectivity index is 0.000000359. The minimum absolute atomic E-state index is 0.145. The summed E-state index contributed by atoms with van der Waals surface area (Å²) in [5.41, 5.74) is 0.289. The molecule has 0 spiro atoms. The molecule has 0 amide bonds. The number of nitrogens with one attached hydrogen (secondary N) is 2. The Bertz CT molecular complexity index is 625. The molecule has 1 aliphatic heterocycles. The fraction of sp³-hybridized carbons (Fsp3) is 0.500. The molecule has 1 fully saturated rings. The predicted molar refractivity (Wildman–Crippen MR) is 102 cm³/mol. The highest BCUT2D eigenvalue weighted by Gasteiger charge is 2.37. The summed E-state index contributed by atoms with van der Waals surface area (Å²) in [6.45, 7) is 8.99. The Labute approximate surface area is 158 Å². The zero-order valence-electron chi connectivity index (χ0n) is 15.4. The van der Waals surface area contributed by atoms with E-state index in [-0.39, 0.29) is 11.1 Å². The second-order valence-corrected chi connectivity index (χ2v) is 7.95. The molecule has 8 heteroatoms. The third-order valence-corrected chi connectivity index (χ3v) is 3.86. The predicted octanol–water partition coefficient (Wildman–Crippen LogP) is 3.17. The molecule has 144 valence electrons. The van der Waals surface area contributed by atoms with Crippen LogP contribution in [0.1, 0.15) is 40.5 Å². The molecule has 1 saturated heterocycles. The van der Waals surface area contributed by atoms with Crippen LogP contribution in [0.5, 0.6) is 0 Å². The molecule has 7 nitrogen and oxygen atoms in total. The van der Waals surface area contributed by atoms with Crippen molar-refractivity contribution < 1.29 is 19.8 Å². The summed E-state index contributed by atoms with van der Waals surface area (Å²) in [6.07, 6.45) is 4.97. The first kappa shape index (κ1) is 21.9. The number of anilines is 1. The van der Waals surface area contributed by atoms with Gasteiger partial charge in [-0.1, -0.05) is 11.6 Å². The molecule has 0 bridgehead atoms. The zero-order chi connectivity index (χ0) is 20.0. The largest absolute Gasteiger partial charge is 0.478 e. The van der Waals surface area contributed by atoms with Gasteiger partial charge in [-0.3, -0.25) is 0 Å². The van der Waals surface area contributed by atoms with Gasteiger partial charge in [0.05, 0.1) is 5.02 Å². The summed E-state index contributed by atoms with van der Waals surface area (Å²) in [4.78, 5) is 23.4. The van der Waals surface area contributed by atoms with Crippen LogP contribution in [0.4, 0.5) is 5.82 Å². The van der Waals surface area contributed by atoms with Crippen molar-refractivity contribution >= 4 is 29.4 Å². The fourth-order valence-electron chi connectivity index (χ4n) is 3.24. The van der Waals surface area contributed by atoms with Gasteiger partial charge in [0.15, 0.2) is 0 Å². The first-order valence-corrected chi connectivity index (χ1v) is 8.58. The molecule has 1 aromatic heterocycles. The van der Waals surface area contributed by atoms with Crippen LogP contribution in [0.15, 0.2) is 30.5 Å². The summed E-state index contributed by atoms with van der Waals surface area (Å²) >= 11 is 5.84. The van der Waals surface area contributed by atoms with Crippen LogP contribution in [0.3, 0.4) is 0 Å². The number of hydrogen-bond acceptors (Lipinski definition) is 5. The van der Waals surface area contributed by atoms with Crippen molar-refractivity contribution in [3.63, 3.8) is 0 Å². The highest BCUT2D eigenvalue weighted by molar-refractivity contribution is 6.30. The lowest BCUT2D eigenvalue weighted by Gasteiger charge is -2.46. The van der Waals surface area contributed by atoms with E-state index in [0.29, 0.717) is 23.2 Å². The molecule has 0 saturated carbocycles. The number of carbonyl (C=O) groups is 2. The van der Waals surface area contributed by atoms with Crippen molar-refractivity contribution in [1.29, 1.82) is 0 Å². The molecule has 1 aliphatic rings. The quantitative estimate of drug-likeness (QED) is 0.591. The summed E-state index contributed by atoms with van der Waals surface area (Å²) in [6, 6.07) is 4.24. The molecular weight excluding hydrogens is 358 g/mol. The highest BCUT2D eigenvalue weighted by Crippen LogP contribution is 2.30. The number of halogens is 1. The van der Waals surface area contributed by atoms with Gasteiger partial charge in [-0.15, -0.1) is 0 Å². The zero-order valence-corrected chi connectivity index (χ0v) is 16.2. The molecule has 0 aromatic carbocycles. The van der Waals surface area contributed by atoms with E-state index in [1.165, 1.54) is 0 Å². The molecule has 0 unspecified atom stereocenters. The third-order valence-electron chi connectivity index (χ3n) is 3.64. The van der Waals surface area contributed by atoms with Crippen LogP contribution >= 0.6 is 11.6 Å². The summed E-state index contributed by atoms with van der Waals surface area (Å²) in [5.74, 6) is -1.61. The van der Waals surface area contributed by atoms with Gasteiger partial charge in [-0.05, 0) is 52.7 Å². The van der Waals surface area contributed by atoms with Crippen molar-refractivity contribution in [2.24, 2.45) is 0 Å². The number of carboxylic acids is 2. The Hall–Kier alpha value is -2.12. The van der Waals surface area contributed by atoms with Crippen molar-refractivity contribution in [2.45, 2.75) is 57.7 Å². The van der Waals surface area contributed by atoms with E-state index in [1.807, 2.05) is 12.1 Å². The number of pyridine rings is 1. The van der Waals surface area contributed by atoms with E-state index >= 15 is 0 Å². The normalized spacial score (nSPS) is 18.7. The maximum atomic E-state index is 9.55. The van der Waals surface area contributed by atoms with Crippen molar-refractivity contribution in [1.82, 2.24) is 10.3 Å². The second kappa shape index (κ2) is 9.00. The Morgan fingerprint density at radius 3 is 2.04 bits per heavy atom. The number of rotatable bonds is 4. The van der Waals surface area contributed by atoms with Crippen molar-refractivity contribution in [2.75, 3.05) is 5.32 Å². The number of aliphatic carboxylic acids is 2. The number of hydrogen-bond donors (Lipinski definition) is 4. The SMILES string of the molecule is CC1(C)CC(Nc2ccc(Cl)cn2)CC(C)(C)N1.O=C(O)/C=C/C(=O)O. The lowest BCUT2D eigenvalue weighted by molar-refractivity contribution is -0.134. The molecule has 2 rings (SSSR count). The maximum Gasteiger partial charge on any atom is 0.328 e. The molecule has 0 radical (unpaired) electrons. The Morgan fingerprint density at radius 2 is 1.65 bits per heavy atom. The van der Waals surface area contributed by atoms with Crippen LogP contribution in [0.2, 0.25) is 5.02 Å². The lowest BCUT2D eigenvalue weighted by Crippen LogP contribution is -2.60. The summed E-state index contributed by atoms with van der Waals surface area (Å²) in [7, 11) is 0. The van der Waals surface area contributed by atoms with Crippen LogP contribution in [-0.4, -0.2) is 44.3 Å². The van der Waals surface area contributed by atoms with E-state index in [1.54, 1.807) is 6.20 Å². The standard InChI is InChI=1S/C14H22ClN3.C4H4O4/c1-13(2)7-11(8-14(3,4)18-13)17-12-6-5-10(15)9-16-12;5-3(6)1-2-4(7)8/h5-6,9,11,18H,7-8H2,1-4H3,(H,16,17);1-2H,(H,5,6)(H,7,8)/b;2-1+. The van der Waals surface area contributed by atoms with Crippen LogP contribution in [-0.2, 0) is 9.59 Å². The minimum Gasteiger partial charge on any atom is -0.478 e. The highest BCUT2D eigenvalue weighted by atomic mass is 35.5. The van der Waals surface area contributed by atoms with E-state index in [0.717, 1.165) is 18.7 Å². The van der Waals surface area contributed by atoms with E-state index in [9.17, 15) is 9.59 Å². The van der Waals surface area contributed by atoms with Gasteiger partial charge < -0.3 is 20.8 Å². The van der Waals surface area contributed by atoms with Crippen LogP contribution in [0, 0.1) is 0 Å². The average molecular weight is 384 g/mol. The van der Waals surface area contributed by atoms with Gasteiger partial charge in [0.2, 0.25) is 0 Å². The van der Waals surface area contributed by atoms with Crippen molar-refractivity contribution in [3.8, 4) is 0 Å². The number of carboxylic acid groups (broad SMARTS) is 2. The minimum atomic E-state index is -1.26.